The molecular formula is C17H15BrN4O. The highest BCUT2D eigenvalue weighted by Gasteiger charge is 1.99. The standard InChI is InChI=1S/C17H15BrN4O/c1-23-17-9-13(8-14(18)10-17)11-20-21-15-2-4-16(5-3-15)22-7-6-19-12-22/h2-10,12H,11H2,1H3. The minimum Gasteiger partial charge on any atom is -0.497 e. The average molecular weight is 371 g/mol. The predicted octanol–water partition coefficient (Wildman–Crippen LogP) is 4.93. The van der Waals surface area contributed by atoms with E-state index in [1.165, 1.54) is 0 Å². The van der Waals surface area contributed by atoms with Crippen molar-refractivity contribution in [2.24, 2.45) is 10.2 Å². The van der Waals surface area contributed by atoms with Gasteiger partial charge in [-0.05, 0) is 48.0 Å². The molecule has 0 bridgehead atoms. The van der Waals surface area contributed by atoms with Crippen LogP contribution in [-0.2, 0) is 6.54 Å². The number of methoxy groups -OCH3 is 1. The maximum Gasteiger partial charge on any atom is 0.120 e. The molecule has 6 heteroatoms. The lowest BCUT2D eigenvalue weighted by atomic mass is 10.2. The number of azo groups is 1. The van der Waals surface area contributed by atoms with Crippen LogP contribution < -0.4 is 4.74 Å². The van der Waals surface area contributed by atoms with E-state index in [2.05, 4.69) is 31.1 Å². The number of nitrogens with zero attached hydrogens (tertiary/aromatic N) is 4. The molecule has 0 aliphatic rings. The number of aromatic nitrogens is 2. The van der Waals surface area contributed by atoms with E-state index in [0.717, 1.165) is 27.2 Å². The van der Waals surface area contributed by atoms with E-state index < -0.39 is 0 Å². The van der Waals surface area contributed by atoms with Crippen LogP contribution in [0.4, 0.5) is 5.69 Å². The second-order valence-corrected chi connectivity index (χ2v) is 5.80. The molecule has 0 radical (unpaired) electrons. The molecule has 0 saturated heterocycles. The monoisotopic (exact) mass is 370 g/mol. The molecule has 5 nitrogen and oxygen atoms in total. The number of hydrogen-bond acceptors (Lipinski definition) is 4. The fourth-order valence-electron chi connectivity index (χ4n) is 2.13. The van der Waals surface area contributed by atoms with Gasteiger partial charge in [0.05, 0.1) is 25.7 Å². The first-order valence-corrected chi connectivity index (χ1v) is 7.83. The van der Waals surface area contributed by atoms with Crippen molar-refractivity contribution >= 4 is 21.6 Å². The van der Waals surface area contributed by atoms with Gasteiger partial charge in [0.1, 0.15) is 5.75 Å². The summed E-state index contributed by atoms with van der Waals surface area (Å²) < 4.78 is 8.14. The summed E-state index contributed by atoms with van der Waals surface area (Å²) in [6.07, 6.45) is 5.41. The fourth-order valence-corrected chi connectivity index (χ4v) is 2.65. The summed E-state index contributed by atoms with van der Waals surface area (Å²) in [6.45, 7) is 0.499. The van der Waals surface area contributed by atoms with Gasteiger partial charge in [0.2, 0.25) is 0 Å². The molecule has 23 heavy (non-hydrogen) atoms. The molecule has 1 aromatic heterocycles. The Morgan fingerprint density at radius 2 is 2.00 bits per heavy atom. The molecule has 0 spiro atoms. The van der Waals surface area contributed by atoms with Gasteiger partial charge in [0.15, 0.2) is 0 Å². The van der Waals surface area contributed by atoms with Crippen molar-refractivity contribution in [3.05, 3.63) is 71.2 Å². The molecule has 0 aliphatic carbocycles. The lowest BCUT2D eigenvalue weighted by molar-refractivity contribution is 0.414. The SMILES string of the molecule is COc1cc(Br)cc(CN=Nc2ccc(-n3ccnc3)cc2)c1. The number of halogens is 1. The van der Waals surface area contributed by atoms with E-state index in [9.17, 15) is 0 Å². The largest absolute Gasteiger partial charge is 0.497 e. The van der Waals surface area contributed by atoms with Gasteiger partial charge in [0, 0.05) is 22.6 Å². The molecule has 3 rings (SSSR count). The quantitative estimate of drug-likeness (QED) is 0.598. The van der Waals surface area contributed by atoms with Crippen LogP contribution in [0, 0.1) is 0 Å². The van der Waals surface area contributed by atoms with Gasteiger partial charge in [-0.3, -0.25) is 0 Å². The molecule has 0 saturated carbocycles. The molecule has 3 aromatic rings. The van der Waals surface area contributed by atoms with E-state index in [0.29, 0.717) is 6.54 Å². The van der Waals surface area contributed by atoms with E-state index in [-0.39, 0.29) is 0 Å². The Labute approximate surface area is 142 Å². The Hall–Kier alpha value is -2.47. The van der Waals surface area contributed by atoms with Crippen LogP contribution in [0.2, 0.25) is 0 Å². The number of imidazole rings is 1. The number of hydrogen-bond donors (Lipinski definition) is 0. The van der Waals surface area contributed by atoms with Gasteiger partial charge in [-0.1, -0.05) is 15.9 Å². The molecule has 2 aromatic carbocycles. The lowest BCUT2D eigenvalue weighted by Gasteiger charge is -2.03. The van der Waals surface area contributed by atoms with Gasteiger partial charge in [-0.2, -0.15) is 10.2 Å². The first-order chi connectivity index (χ1) is 11.2. The molecule has 1 heterocycles. The van der Waals surface area contributed by atoms with Crippen LogP contribution in [0.5, 0.6) is 5.75 Å². The first kappa shape index (κ1) is 15.4. The zero-order chi connectivity index (χ0) is 16.1. The van der Waals surface area contributed by atoms with Crippen LogP contribution in [0.25, 0.3) is 5.69 Å². The van der Waals surface area contributed by atoms with Crippen LogP contribution in [0.1, 0.15) is 5.56 Å². The fraction of sp³-hybridized carbons (Fsp3) is 0.118. The lowest BCUT2D eigenvalue weighted by Crippen LogP contribution is -1.88. The van der Waals surface area contributed by atoms with Crippen molar-refractivity contribution < 1.29 is 4.74 Å². The van der Waals surface area contributed by atoms with E-state index in [1.807, 2.05) is 53.2 Å². The van der Waals surface area contributed by atoms with Gasteiger partial charge in [-0.15, -0.1) is 0 Å². The van der Waals surface area contributed by atoms with E-state index in [4.69, 9.17) is 4.74 Å². The summed E-state index contributed by atoms with van der Waals surface area (Å²) in [7, 11) is 1.65. The Kier molecular flexibility index (Phi) is 4.83. The topological polar surface area (TPSA) is 51.8 Å². The Balaban J connectivity index is 1.67. The van der Waals surface area contributed by atoms with Crippen LogP contribution in [0.15, 0.2) is 75.9 Å². The van der Waals surface area contributed by atoms with Crippen LogP contribution in [-0.4, -0.2) is 16.7 Å². The molecular weight excluding hydrogens is 356 g/mol. The van der Waals surface area contributed by atoms with Crippen LogP contribution in [0.3, 0.4) is 0 Å². The van der Waals surface area contributed by atoms with Crippen molar-refractivity contribution in [3.63, 3.8) is 0 Å². The normalized spacial score (nSPS) is 11.0. The second-order valence-electron chi connectivity index (χ2n) is 4.89. The maximum atomic E-state index is 5.24. The van der Waals surface area contributed by atoms with E-state index >= 15 is 0 Å². The number of benzene rings is 2. The summed E-state index contributed by atoms with van der Waals surface area (Å²) in [5.74, 6) is 0.800. The van der Waals surface area contributed by atoms with Crippen molar-refractivity contribution in [1.29, 1.82) is 0 Å². The number of ether oxygens (including phenoxy) is 1. The van der Waals surface area contributed by atoms with Crippen molar-refractivity contribution in [2.75, 3.05) is 7.11 Å². The molecule has 0 fully saturated rings. The second kappa shape index (κ2) is 7.19. The Bertz CT molecular complexity index is 798. The first-order valence-electron chi connectivity index (χ1n) is 7.04. The third kappa shape index (κ3) is 4.04. The average Bonchev–Trinajstić information content (AvgIpc) is 3.09. The molecule has 0 aliphatic heterocycles. The van der Waals surface area contributed by atoms with Crippen molar-refractivity contribution in [1.82, 2.24) is 9.55 Å². The highest BCUT2D eigenvalue weighted by Crippen LogP contribution is 2.22. The zero-order valence-corrected chi connectivity index (χ0v) is 14.1. The minimum absolute atomic E-state index is 0.499. The highest BCUT2D eigenvalue weighted by atomic mass is 79.9. The summed E-state index contributed by atoms with van der Waals surface area (Å²) in [5, 5.41) is 8.50. The molecule has 116 valence electrons. The summed E-state index contributed by atoms with van der Waals surface area (Å²) in [5.41, 5.74) is 2.89. The van der Waals surface area contributed by atoms with Gasteiger partial charge < -0.3 is 9.30 Å². The van der Waals surface area contributed by atoms with Crippen molar-refractivity contribution in [3.8, 4) is 11.4 Å². The molecule has 0 atom stereocenters. The van der Waals surface area contributed by atoms with E-state index in [1.54, 1.807) is 19.6 Å². The predicted molar refractivity (Wildman–Crippen MR) is 92.5 cm³/mol. The number of rotatable bonds is 5. The summed E-state index contributed by atoms with van der Waals surface area (Å²) in [4.78, 5) is 4.03. The third-order valence-electron chi connectivity index (χ3n) is 3.26. The smallest absolute Gasteiger partial charge is 0.120 e. The van der Waals surface area contributed by atoms with Crippen LogP contribution >= 0.6 is 15.9 Å². The molecule has 0 N–H and O–H groups in total. The summed E-state index contributed by atoms with van der Waals surface area (Å²) in [6, 6.07) is 13.7. The van der Waals surface area contributed by atoms with Gasteiger partial charge in [-0.25, -0.2) is 4.98 Å². The third-order valence-corrected chi connectivity index (χ3v) is 3.72. The van der Waals surface area contributed by atoms with Gasteiger partial charge >= 0.3 is 0 Å². The summed E-state index contributed by atoms with van der Waals surface area (Å²) >= 11 is 3.46. The maximum absolute atomic E-state index is 5.24. The Morgan fingerprint density at radius 1 is 1.17 bits per heavy atom. The Morgan fingerprint density at radius 3 is 2.70 bits per heavy atom. The molecule has 0 unspecified atom stereocenters. The minimum atomic E-state index is 0.499. The zero-order valence-electron chi connectivity index (χ0n) is 12.6. The van der Waals surface area contributed by atoms with Gasteiger partial charge in [0.25, 0.3) is 0 Å². The molecule has 0 amide bonds. The highest BCUT2D eigenvalue weighted by molar-refractivity contribution is 9.10. The van der Waals surface area contributed by atoms with Crippen molar-refractivity contribution in [2.45, 2.75) is 6.54 Å².